The Morgan fingerprint density at radius 2 is 1.77 bits per heavy atom. The minimum absolute atomic E-state index is 0.702. The van der Waals surface area contributed by atoms with Gasteiger partial charge in [0, 0.05) is 5.33 Å². The molecule has 0 unspecified atom stereocenters. The first-order chi connectivity index (χ1) is 6.33. The van der Waals surface area contributed by atoms with Crippen LogP contribution < -0.4 is 0 Å². The SMILES string of the molecule is CCCCCCC1(CBr)CCCC1. The maximum atomic E-state index is 3.70. The van der Waals surface area contributed by atoms with Gasteiger partial charge >= 0.3 is 0 Å². The molecule has 0 aliphatic heterocycles. The van der Waals surface area contributed by atoms with Gasteiger partial charge in [0.2, 0.25) is 0 Å². The van der Waals surface area contributed by atoms with Crippen LogP contribution in [0.1, 0.15) is 64.7 Å². The van der Waals surface area contributed by atoms with E-state index in [0.29, 0.717) is 5.41 Å². The summed E-state index contributed by atoms with van der Waals surface area (Å²) in [5.74, 6) is 0. The summed E-state index contributed by atoms with van der Waals surface area (Å²) < 4.78 is 0. The molecular weight excluding hydrogens is 224 g/mol. The van der Waals surface area contributed by atoms with Crippen LogP contribution in [0.4, 0.5) is 0 Å². The predicted molar refractivity (Wildman–Crippen MR) is 63.5 cm³/mol. The molecule has 1 aliphatic carbocycles. The standard InChI is InChI=1S/C12H23Br/c1-2-3-4-5-8-12(11-13)9-6-7-10-12/h2-11H2,1H3. The summed E-state index contributed by atoms with van der Waals surface area (Å²) >= 11 is 3.70. The quantitative estimate of drug-likeness (QED) is 0.462. The van der Waals surface area contributed by atoms with Crippen LogP contribution in [0.3, 0.4) is 0 Å². The second kappa shape index (κ2) is 6.06. The van der Waals surface area contributed by atoms with Crippen molar-refractivity contribution in [3.8, 4) is 0 Å². The molecule has 1 aliphatic rings. The van der Waals surface area contributed by atoms with Crippen LogP contribution in [0.15, 0.2) is 0 Å². The van der Waals surface area contributed by atoms with Crippen molar-refractivity contribution in [3.05, 3.63) is 0 Å². The number of rotatable bonds is 6. The zero-order valence-corrected chi connectivity index (χ0v) is 10.5. The summed E-state index contributed by atoms with van der Waals surface area (Å²) in [7, 11) is 0. The van der Waals surface area contributed by atoms with Crippen molar-refractivity contribution in [2.24, 2.45) is 5.41 Å². The van der Waals surface area contributed by atoms with Gasteiger partial charge in [0.1, 0.15) is 0 Å². The lowest BCUT2D eigenvalue weighted by Crippen LogP contribution is -2.17. The highest BCUT2D eigenvalue weighted by atomic mass is 79.9. The highest BCUT2D eigenvalue weighted by molar-refractivity contribution is 9.09. The molecule has 0 aromatic carbocycles. The lowest BCUT2D eigenvalue weighted by atomic mass is 9.83. The van der Waals surface area contributed by atoms with Gasteiger partial charge in [-0.05, 0) is 24.7 Å². The molecule has 0 atom stereocenters. The van der Waals surface area contributed by atoms with Crippen LogP contribution in [0.25, 0.3) is 0 Å². The molecule has 1 saturated carbocycles. The smallest absolute Gasteiger partial charge is 0.00879 e. The van der Waals surface area contributed by atoms with Crippen LogP contribution in [-0.4, -0.2) is 5.33 Å². The lowest BCUT2D eigenvalue weighted by Gasteiger charge is -2.26. The first-order valence-electron chi connectivity index (χ1n) is 5.89. The van der Waals surface area contributed by atoms with Crippen molar-refractivity contribution in [2.75, 3.05) is 5.33 Å². The Hall–Kier alpha value is 0.480. The number of alkyl halides is 1. The highest BCUT2D eigenvalue weighted by Crippen LogP contribution is 2.43. The monoisotopic (exact) mass is 246 g/mol. The van der Waals surface area contributed by atoms with Crippen LogP contribution >= 0.6 is 15.9 Å². The van der Waals surface area contributed by atoms with E-state index in [2.05, 4.69) is 22.9 Å². The second-order valence-electron chi connectivity index (χ2n) is 4.65. The van der Waals surface area contributed by atoms with Crippen LogP contribution in [0, 0.1) is 5.41 Å². The number of unbranched alkanes of at least 4 members (excludes halogenated alkanes) is 3. The molecule has 0 saturated heterocycles. The third kappa shape index (κ3) is 3.61. The molecule has 1 heteroatoms. The van der Waals surface area contributed by atoms with Crippen molar-refractivity contribution in [2.45, 2.75) is 64.7 Å². The Kier molecular flexibility index (Phi) is 5.38. The van der Waals surface area contributed by atoms with Gasteiger partial charge in [-0.3, -0.25) is 0 Å². The summed E-state index contributed by atoms with van der Waals surface area (Å²) in [5.41, 5.74) is 0.702. The molecule has 0 spiro atoms. The average Bonchev–Trinajstić information content (AvgIpc) is 2.62. The van der Waals surface area contributed by atoms with E-state index < -0.39 is 0 Å². The van der Waals surface area contributed by atoms with E-state index in [-0.39, 0.29) is 0 Å². The minimum Gasteiger partial charge on any atom is -0.0922 e. The third-order valence-corrected chi connectivity index (χ3v) is 4.70. The van der Waals surface area contributed by atoms with E-state index in [4.69, 9.17) is 0 Å². The molecule has 0 bridgehead atoms. The molecule has 0 aromatic heterocycles. The first kappa shape index (κ1) is 11.6. The van der Waals surface area contributed by atoms with E-state index in [9.17, 15) is 0 Å². The van der Waals surface area contributed by atoms with E-state index in [0.717, 1.165) is 0 Å². The topological polar surface area (TPSA) is 0 Å². The third-order valence-electron chi connectivity index (χ3n) is 3.51. The maximum Gasteiger partial charge on any atom is 0.00879 e. The molecular formula is C12H23Br. The molecule has 0 radical (unpaired) electrons. The van der Waals surface area contributed by atoms with Crippen LogP contribution in [-0.2, 0) is 0 Å². The van der Waals surface area contributed by atoms with Gasteiger partial charge in [-0.15, -0.1) is 0 Å². The Labute approximate surface area is 91.6 Å². The van der Waals surface area contributed by atoms with Crippen molar-refractivity contribution in [3.63, 3.8) is 0 Å². The Bertz CT molecular complexity index is 125. The van der Waals surface area contributed by atoms with Crippen molar-refractivity contribution >= 4 is 15.9 Å². The van der Waals surface area contributed by atoms with Crippen molar-refractivity contribution in [1.82, 2.24) is 0 Å². The van der Waals surface area contributed by atoms with E-state index in [1.54, 1.807) is 0 Å². The summed E-state index contributed by atoms with van der Waals surface area (Å²) in [6.45, 7) is 2.29. The fourth-order valence-corrected chi connectivity index (χ4v) is 3.34. The number of hydrogen-bond donors (Lipinski definition) is 0. The molecule has 0 N–H and O–H groups in total. The van der Waals surface area contributed by atoms with E-state index in [1.807, 2.05) is 0 Å². The van der Waals surface area contributed by atoms with Gasteiger partial charge in [-0.2, -0.15) is 0 Å². The van der Waals surface area contributed by atoms with Crippen LogP contribution in [0.5, 0.6) is 0 Å². The molecule has 1 fully saturated rings. The average molecular weight is 247 g/mol. The summed E-state index contributed by atoms with van der Waals surface area (Å²) in [6.07, 6.45) is 13.1. The van der Waals surface area contributed by atoms with Gasteiger partial charge in [0.15, 0.2) is 0 Å². The van der Waals surface area contributed by atoms with Crippen molar-refractivity contribution < 1.29 is 0 Å². The van der Waals surface area contributed by atoms with Crippen LogP contribution in [0.2, 0.25) is 0 Å². The molecule has 0 nitrogen and oxygen atoms in total. The normalized spacial score (nSPS) is 20.8. The summed E-state index contributed by atoms with van der Waals surface area (Å²) in [6, 6.07) is 0. The summed E-state index contributed by atoms with van der Waals surface area (Å²) in [4.78, 5) is 0. The Morgan fingerprint density at radius 1 is 1.08 bits per heavy atom. The minimum atomic E-state index is 0.702. The van der Waals surface area contributed by atoms with E-state index >= 15 is 0 Å². The van der Waals surface area contributed by atoms with Gasteiger partial charge in [-0.1, -0.05) is 61.4 Å². The Morgan fingerprint density at radius 3 is 2.31 bits per heavy atom. The van der Waals surface area contributed by atoms with Crippen molar-refractivity contribution in [1.29, 1.82) is 0 Å². The van der Waals surface area contributed by atoms with Gasteiger partial charge in [0.05, 0.1) is 0 Å². The highest BCUT2D eigenvalue weighted by Gasteiger charge is 2.31. The maximum absolute atomic E-state index is 3.70. The zero-order chi connectivity index (χ0) is 9.57. The van der Waals surface area contributed by atoms with Gasteiger partial charge < -0.3 is 0 Å². The summed E-state index contributed by atoms with van der Waals surface area (Å²) in [5, 5.41) is 1.24. The molecule has 0 aromatic rings. The molecule has 0 heterocycles. The van der Waals surface area contributed by atoms with Gasteiger partial charge in [0.25, 0.3) is 0 Å². The second-order valence-corrected chi connectivity index (χ2v) is 5.21. The fourth-order valence-electron chi connectivity index (χ4n) is 2.50. The Balaban J connectivity index is 2.16. The predicted octanol–water partition coefficient (Wildman–Crippen LogP) is 4.91. The van der Waals surface area contributed by atoms with Gasteiger partial charge in [-0.25, -0.2) is 0 Å². The zero-order valence-electron chi connectivity index (χ0n) is 8.95. The molecule has 78 valence electrons. The molecule has 0 amide bonds. The number of halogens is 1. The molecule has 1 rings (SSSR count). The number of hydrogen-bond acceptors (Lipinski definition) is 0. The first-order valence-corrected chi connectivity index (χ1v) is 7.01. The fraction of sp³-hybridized carbons (Fsp3) is 1.00. The van der Waals surface area contributed by atoms with E-state index in [1.165, 1.54) is 63.1 Å². The largest absolute Gasteiger partial charge is 0.0922 e. The lowest BCUT2D eigenvalue weighted by molar-refractivity contribution is 0.305. The molecule has 13 heavy (non-hydrogen) atoms.